The van der Waals surface area contributed by atoms with E-state index in [2.05, 4.69) is 9.97 Å². The van der Waals surface area contributed by atoms with Gasteiger partial charge in [-0.3, -0.25) is 4.98 Å². The molecule has 0 aliphatic carbocycles. The van der Waals surface area contributed by atoms with Crippen molar-refractivity contribution in [3.8, 4) is 0 Å². The van der Waals surface area contributed by atoms with Crippen LogP contribution in [0.25, 0.3) is 0 Å². The standard InChI is InChI=1S/C10H15FN4O/c1-14(2)9-3-12-4-10(13-9)15-5-7(11)8(16)6-15/h3-4,7-8,16H,5-6H2,1-2H3/t7-,8-/m1/s1. The minimum atomic E-state index is -1.20. The number of alkyl halides is 1. The zero-order valence-corrected chi connectivity index (χ0v) is 9.34. The summed E-state index contributed by atoms with van der Waals surface area (Å²) in [5, 5.41) is 9.33. The van der Waals surface area contributed by atoms with Gasteiger partial charge < -0.3 is 14.9 Å². The third-order valence-electron chi connectivity index (χ3n) is 2.61. The molecule has 1 aliphatic rings. The second-order valence-electron chi connectivity index (χ2n) is 4.12. The molecule has 6 heteroatoms. The summed E-state index contributed by atoms with van der Waals surface area (Å²) in [4.78, 5) is 11.9. The predicted octanol–water partition coefficient (Wildman–Crippen LogP) is 0.0616. The number of hydrogen-bond acceptors (Lipinski definition) is 5. The zero-order valence-electron chi connectivity index (χ0n) is 9.34. The SMILES string of the molecule is CN(C)c1cncc(N2C[C@@H](O)[C@H](F)C2)n1. The molecule has 0 radical (unpaired) electrons. The van der Waals surface area contributed by atoms with E-state index in [9.17, 15) is 9.50 Å². The van der Waals surface area contributed by atoms with Crippen LogP contribution in [0.1, 0.15) is 0 Å². The maximum absolute atomic E-state index is 13.2. The number of halogens is 1. The highest BCUT2D eigenvalue weighted by Gasteiger charge is 2.32. The fraction of sp³-hybridized carbons (Fsp3) is 0.600. The smallest absolute Gasteiger partial charge is 0.149 e. The van der Waals surface area contributed by atoms with E-state index >= 15 is 0 Å². The molecule has 2 atom stereocenters. The molecule has 1 aliphatic heterocycles. The topological polar surface area (TPSA) is 52.5 Å². The first-order chi connectivity index (χ1) is 7.58. The van der Waals surface area contributed by atoms with Gasteiger partial charge in [-0.1, -0.05) is 0 Å². The van der Waals surface area contributed by atoms with Crippen molar-refractivity contribution in [2.75, 3.05) is 37.0 Å². The Morgan fingerprint density at radius 1 is 1.44 bits per heavy atom. The van der Waals surface area contributed by atoms with Crippen LogP contribution in [0.4, 0.5) is 16.0 Å². The quantitative estimate of drug-likeness (QED) is 0.773. The molecule has 2 rings (SSSR count). The van der Waals surface area contributed by atoms with Gasteiger partial charge in [0.25, 0.3) is 0 Å². The fourth-order valence-corrected chi connectivity index (χ4v) is 1.65. The third-order valence-corrected chi connectivity index (χ3v) is 2.61. The Morgan fingerprint density at radius 3 is 2.75 bits per heavy atom. The van der Waals surface area contributed by atoms with Crippen LogP contribution in [0.2, 0.25) is 0 Å². The molecule has 0 amide bonds. The third kappa shape index (κ3) is 2.06. The number of nitrogens with zero attached hydrogens (tertiary/aromatic N) is 4. The predicted molar refractivity (Wildman–Crippen MR) is 59.5 cm³/mol. The first-order valence-corrected chi connectivity index (χ1v) is 5.14. The van der Waals surface area contributed by atoms with Gasteiger partial charge in [-0.15, -0.1) is 0 Å². The number of anilines is 2. The van der Waals surface area contributed by atoms with Crippen LogP contribution in [0.15, 0.2) is 12.4 Å². The molecule has 1 fully saturated rings. The molecule has 1 aromatic rings. The van der Waals surface area contributed by atoms with Gasteiger partial charge >= 0.3 is 0 Å². The van der Waals surface area contributed by atoms with Crippen LogP contribution in [-0.4, -0.2) is 54.5 Å². The summed E-state index contributed by atoms with van der Waals surface area (Å²) in [6.07, 6.45) is 1.09. The molecule has 1 aromatic heterocycles. The van der Waals surface area contributed by atoms with Crippen molar-refractivity contribution in [3.63, 3.8) is 0 Å². The Labute approximate surface area is 93.5 Å². The average Bonchev–Trinajstić information content (AvgIpc) is 2.59. The lowest BCUT2D eigenvalue weighted by molar-refractivity contribution is 0.118. The van der Waals surface area contributed by atoms with Gasteiger partial charge in [0.1, 0.15) is 23.9 Å². The van der Waals surface area contributed by atoms with Gasteiger partial charge in [0.2, 0.25) is 0 Å². The van der Waals surface area contributed by atoms with Gasteiger partial charge in [-0.25, -0.2) is 9.37 Å². The molecule has 0 saturated carbocycles. The normalized spacial score (nSPS) is 24.9. The summed E-state index contributed by atoms with van der Waals surface area (Å²) >= 11 is 0. The highest BCUT2D eigenvalue weighted by Crippen LogP contribution is 2.21. The van der Waals surface area contributed by atoms with Crippen molar-refractivity contribution in [1.82, 2.24) is 9.97 Å². The summed E-state index contributed by atoms with van der Waals surface area (Å²) in [5.41, 5.74) is 0. The Morgan fingerprint density at radius 2 is 2.19 bits per heavy atom. The maximum Gasteiger partial charge on any atom is 0.149 e. The van der Waals surface area contributed by atoms with E-state index in [0.29, 0.717) is 11.6 Å². The van der Waals surface area contributed by atoms with Gasteiger partial charge in [-0.05, 0) is 0 Å². The zero-order chi connectivity index (χ0) is 11.7. The van der Waals surface area contributed by atoms with Crippen molar-refractivity contribution >= 4 is 11.6 Å². The van der Waals surface area contributed by atoms with Gasteiger partial charge in [0, 0.05) is 20.6 Å². The van der Waals surface area contributed by atoms with Crippen molar-refractivity contribution in [2.45, 2.75) is 12.3 Å². The van der Waals surface area contributed by atoms with Gasteiger partial charge in [-0.2, -0.15) is 0 Å². The number of hydrogen-bond donors (Lipinski definition) is 1. The van der Waals surface area contributed by atoms with Crippen LogP contribution in [0.3, 0.4) is 0 Å². The summed E-state index contributed by atoms with van der Waals surface area (Å²) in [5.74, 6) is 1.32. The minimum Gasteiger partial charge on any atom is -0.388 e. The summed E-state index contributed by atoms with van der Waals surface area (Å²) in [6, 6.07) is 0. The highest BCUT2D eigenvalue weighted by atomic mass is 19.1. The Balaban J connectivity index is 2.18. The Kier molecular flexibility index (Phi) is 2.91. The lowest BCUT2D eigenvalue weighted by atomic mass is 10.3. The van der Waals surface area contributed by atoms with Crippen LogP contribution < -0.4 is 9.80 Å². The summed E-state index contributed by atoms with van der Waals surface area (Å²) in [7, 11) is 3.73. The Hall–Kier alpha value is -1.43. The van der Waals surface area contributed by atoms with Crippen LogP contribution in [0.5, 0.6) is 0 Å². The van der Waals surface area contributed by atoms with Crippen molar-refractivity contribution < 1.29 is 9.50 Å². The van der Waals surface area contributed by atoms with Crippen LogP contribution in [0, 0.1) is 0 Å². The number of aliphatic hydroxyl groups excluding tert-OH is 1. The first kappa shape index (κ1) is 11.1. The molecule has 1 N–H and O–H groups in total. The molecular weight excluding hydrogens is 211 g/mol. The number of aliphatic hydroxyl groups is 1. The molecule has 2 heterocycles. The molecule has 0 unspecified atom stereocenters. The van der Waals surface area contributed by atoms with E-state index in [0.717, 1.165) is 0 Å². The molecule has 0 spiro atoms. The monoisotopic (exact) mass is 226 g/mol. The highest BCUT2D eigenvalue weighted by molar-refractivity contribution is 5.45. The van der Waals surface area contributed by atoms with Crippen molar-refractivity contribution in [2.24, 2.45) is 0 Å². The molecule has 88 valence electrons. The van der Waals surface area contributed by atoms with Crippen molar-refractivity contribution in [3.05, 3.63) is 12.4 Å². The van der Waals surface area contributed by atoms with Gasteiger partial charge in [0.15, 0.2) is 0 Å². The molecule has 16 heavy (non-hydrogen) atoms. The second-order valence-corrected chi connectivity index (χ2v) is 4.12. The van der Waals surface area contributed by atoms with E-state index < -0.39 is 12.3 Å². The van der Waals surface area contributed by atoms with E-state index in [4.69, 9.17) is 0 Å². The first-order valence-electron chi connectivity index (χ1n) is 5.14. The Bertz CT molecular complexity index is 364. The number of aromatic nitrogens is 2. The minimum absolute atomic E-state index is 0.173. The summed E-state index contributed by atoms with van der Waals surface area (Å²) < 4.78 is 13.2. The van der Waals surface area contributed by atoms with E-state index in [-0.39, 0.29) is 13.1 Å². The van der Waals surface area contributed by atoms with E-state index in [1.165, 1.54) is 0 Å². The molecular formula is C10H15FN4O. The molecule has 0 bridgehead atoms. The van der Waals surface area contributed by atoms with Crippen LogP contribution >= 0.6 is 0 Å². The van der Waals surface area contributed by atoms with Crippen LogP contribution in [-0.2, 0) is 0 Å². The number of rotatable bonds is 2. The molecule has 5 nitrogen and oxygen atoms in total. The molecule has 0 aromatic carbocycles. The molecule has 1 saturated heterocycles. The fourth-order valence-electron chi connectivity index (χ4n) is 1.65. The second kappa shape index (κ2) is 4.21. The van der Waals surface area contributed by atoms with E-state index in [1.807, 2.05) is 19.0 Å². The largest absolute Gasteiger partial charge is 0.388 e. The summed E-state index contributed by atoms with van der Waals surface area (Å²) in [6.45, 7) is 0.444. The lowest BCUT2D eigenvalue weighted by Crippen LogP contribution is -2.23. The average molecular weight is 226 g/mol. The van der Waals surface area contributed by atoms with E-state index in [1.54, 1.807) is 17.3 Å². The lowest BCUT2D eigenvalue weighted by Gasteiger charge is -2.18. The maximum atomic E-state index is 13.2. The van der Waals surface area contributed by atoms with Crippen molar-refractivity contribution in [1.29, 1.82) is 0 Å². The number of β-amino-alcohol motifs (C(OH)–C–C–N with tert-alkyl or cyclic N) is 1. The van der Waals surface area contributed by atoms with Gasteiger partial charge in [0.05, 0.1) is 18.9 Å².